The van der Waals surface area contributed by atoms with Gasteiger partial charge in [0.05, 0.1) is 11.9 Å². The second-order valence-corrected chi connectivity index (χ2v) is 6.63. The fraction of sp³-hybridized carbons (Fsp3) is 0.368. The molecule has 0 unspecified atom stereocenters. The molecular formula is C19H22ClN3O. The van der Waals surface area contributed by atoms with Crippen LogP contribution in [0, 0.1) is 0 Å². The van der Waals surface area contributed by atoms with Gasteiger partial charge in [-0.3, -0.25) is 4.79 Å². The quantitative estimate of drug-likeness (QED) is 0.831. The molecule has 1 heterocycles. The van der Waals surface area contributed by atoms with E-state index in [1.165, 1.54) is 25.7 Å². The summed E-state index contributed by atoms with van der Waals surface area (Å²) in [6.45, 7) is 0.558. The predicted molar refractivity (Wildman–Crippen MR) is 97.6 cm³/mol. The lowest BCUT2D eigenvalue weighted by Gasteiger charge is -2.13. The van der Waals surface area contributed by atoms with Crippen molar-refractivity contribution in [2.75, 3.05) is 11.9 Å². The summed E-state index contributed by atoms with van der Waals surface area (Å²) in [4.78, 5) is 16.4. The zero-order chi connectivity index (χ0) is 16.8. The van der Waals surface area contributed by atoms with Crippen LogP contribution in [0.4, 0.5) is 5.69 Å². The van der Waals surface area contributed by atoms with Crippen molar-refractivity contribution >= 4 is 23.2 Å². The Morgan fingerprint density at radius 1 is 1.21 bits per heavy atom. The van der Waals surface area contributed by atoms with E-state index in [1.54, 1.807) is 12.3 Å². The van der Waals surface area contributed by atoms with Crippen molar-refractivity contribution in [1.29, 1.82) is 0 Å². The van der Waals surface area contributed by atoms with Gasteiger partial charge in [-0.25, -0.2) is 4.98 Å². The van der Waals surface area contributed by atoms with Crippen LogP contribution in [0.3, 0.4) is 0 Å². The number of pyridine rings is 1. The van der Waals surface area contributed by atoms with Crippen molar-refractivity contribution in [3.63, 3.8) is 0 Å². The van der Waals surface area contributed by atoms with Crippen LogP contribution in [0.15, 0.2) is 42.6 Å². The Morgan fingerprint density at radius 2 is 2.04 bits per heavy atom. The minimum absolute atomic E-state index is 0.149. The van der Waals surface area contributed by atoms with Gasteiger partial charge in [0.1, 0.15) is 5.69 Å². The molecular weight excluding hydrogens is 322 g/mol. The molecule has 1 saturated carbocycles. The van der Waals surface area contributed by atoms with E-state index in [2.05, 4.69) is 15.6 Å². The number of carbonyl (C=O) groups is 1. The average Bonchev–Trinajstić information content (AvgIpc) is 3.08. The first-order valence-electron chi connectivity index (χ1n) is 8.46. The molecule has 1 aliphatic carbocycles. The largest absolute Gasteiger partial charge is 0.381 e. The number of amides is 1. The van der Waals surface area contributed by atoms with Crippen molar-refractivity contribution in [2.45, 2.75) is 38.1 Å². The van der Waals surface area contributed by atoms with Crippen molar-refractivity contribution in [3.8, 4) is 0 Å². The lowest BCUT2D eigenvalue weighted by Crippen LogP contribution is -2.26. The minimum atomic E-state index is -0.149. The molecule has 1 amide bonds. The Labute approximate surface area is 147 Å². The number of anilines is 1. The molecule has 1 aromatic carbocycles. The van der Waals surface area contributed by atoms with Gasteiger partial charge in [-0.1, -0.05) is 36.6 Å². The molecule has 5 heteroatoms. The number of hydrogen-bond donors (Lipinski definition) is 2. The fourth-order valence-corrected chi connectivity index (χ4v) is 3.24. The maximum absolute atomic E-state index is 12.1. The van der Waals surface area contributed by atoms with Crippen LogP contribution in [-0.2, 0) is 6.42 Å². The zero-order valence-corrected chi connectivity index (χ0v) is 14.4. The molecule has 1 aromatic heterocycles. The van der Waals surface area contributed by atoms with Crippen LogP contribution in [0.2, 0.25) is 5.02 Å². The van der Waals surface area contributed by atoms with E-state index in [9.17, 15) is 4.79 Å². The number of nitrogens with one attached hydrogen (secondary N) is 2. The summed E-state index contributed by atoms with van der Waals surface area (Å²) in [6.07, 6.45) is 7.49. The van der Waals surface area contributed by atoms with Crippen molar-refractivity contribution in [2.24, 2.45) is 0 Å². The van der Waals surface area contributed by atoms with Gasteiger partial charge in [0.25, 0.3) is 5.91 Å². The number of benzene rings is 1. The first-order valence-corrected chi connectivity index (χ1v) is 8.84. The van der Waals surface area contributed by atoms with Crippen LogP contribution in [0.5, 0.6) is 0 Å². The summed E-state index contributed by atoms with van der Waals surface area (Å²) in [5, 5.41) is 7.08. The SMILES string of the molecule is O=C(NCCc1cccc(Cl)c1)c1ccc(NC2CCCC2)cn1. The molecule has 0 spiro atoms. The summed E-state index contributed by atoms with van der Waals surface area (Å²) in [5.41, 5.74) is 2.53. The molecule has 2 N–H and O–H groups in total. The van der Waals surface area contributed by atoms with Crippen LogP contribution in [-0.4, -0.2) is 23.5 Å². The number of nitrogens with zero attached hydrogens (tertiary/aromatic N) is 1. The molecule has 1 aliphatic rings. The van der Waals surface area contributed by atoms with Crippen LogP contribution < -0.4 is 10.6 Å². The van der Waals surface area contributed by atoms with E-state index in [0.29, 0.717) is 23.3 Å². The lowest BCUT2D eigenvalue weighted by atomic mass is 10.1. The molecule has 0 aliphatic heterocycles. The Bertz CT molecular complexity index is 681. The number of rotatable bonds is 6. The molecule has 0 bridgehead atoms. The lowest BCUT2D eigenvalue weighted by molar-refractivity contribution is 0.0949. The van der Waals surface area contributed by atoms with E-state index in [1.807, 2.05) is 30.3 Å². The molecule has 126 valence electrons. The smallest absolute Gasteiger partial charge is 0.269 e. The third kappa shape index (κ3) is 4.71. The Morgan fingerprint density at radius 3 is 2.75 bits per heavy atom. The summed E-state index contributed by atoms with van der Waals surface area (Å²) >= 11 is 5.95. The van der Waals surface area contributed by atoms with Gasteiger partial charge >= 0.3 is 0 Å². The molecule has 4 nitrogen and oxygen atoms in total. The molecule has 0 atom stereocenters. The second-order valence-electron chi connectivity index (χ2n) is 6.19. The molecule has 1 fully saturated rings. The highest BCUT2D eigenvalue weighted by atomic mass is 35.5. The highest BCUT2D eigenvalue weighted by Crippen LogP contribution is 2.21. The highest BCUT2D eigenvalue weighted by molar-refractivity contribution is 6.30. The average molecular weight is 344 g/mol. The zero-order valence-electron chi connectivity index (χ0n) is 13.6. The van der Waals surface area contributed by atoms with Gasteiger partial charge in [0.2, 0.25) is 0 Å². The molecule has 0 saturated heterocycles. The number of aromatic nitrogens is 1. The maximum Gasteiger partial charge on any atom is 0.269 e. The van der Waals surface area contributed by atoms with Gasteiger partial charge < -0.3 is 10.6 Å². The van der Waals surface area contributed by atoms with Crippen LogP contribution in [0.1, 0.15) is 41.7 Å². The number of hydrogen-bond acceptors (Lipinski definition) is 3. The van der Waals surface area contributed by atoms with Gasteiger partial charge in [0.15, 0.2) is 0 Å². The highest BCUT2D eigenvalue weighted by Gasteiger charge is 2.14. The minimum Gasteiger partial charge on any atom is -0.381 e. The van der Waals surface area contributed by atoms with Gasteiger partial charge in [0, 0.05) is 17.6 Å². The Kier molecular flexibility index (Phi) is 5.70. The Hall–Kier alpha value is -2.07. The van der Waals surface area contributed by atoms with E-state index >= 15 is 0 Å². The first kappa shape index (κ1) is 16.8. The van der Waals surface area contributed by atoms with Crippen LogP contribution >= 0.6 is 11.6 Å². The van der Waals surface area contributed by atoms with E-state index in [4.69, 9.17) is 11.6 Å². The molecule has 24 heavy (non-hydrogen) atoms. The summed E-state index contributed by atoms with van der Waals surface area (Å²) in [6, 6.07) is 11.9. The van der Waals surface area contributed by atoms with Crippen LogP contribution in [0.25, 0.3) is 0 Å². The number of halogens is 1. The van der Waals surface area contributed by atoms with Crippen molar-refractivity contribution in [3.05, 3.63) is 58.9 Å². The Balaban J connectivity index is 1.47. The standard InChI is InChI=1S/C19H22ClN3O/c20-15-5-3-4-14(12-15)10-11-21-19(24)18-9-8-17(13-22-18)23-16-6-1-2-7-16/h3-5,8-9,12-13,16,23H,1-2,6-7,10-11H2,(H,21,24). The molecule has 0 radical (unpaired) electrons. The monoisotopic (exact) mass is 343 g/mol. The maximum atomic E-state index is 12.1. The second kappa shape index (κ2) is 8.15. The first-order chi connectivity index (χ1) is 11.7. The summed E-state index contributed by atoms with van der Waals surface area (Å²) < 4.78 is 0. The predicted octanol–water partition coefficient (Wildman–Crippen LogP) is 4.06. The third-order valence-corrected chi connectivity index (χ3v) is 4.55. The third-order valence-electron chi connectivity index (χ3n) is 4.31. The van der Waals surface area contributed by atoms with Crippen molar-refractivity contribution < 1.29 is 4.79 Å². The van der Waals surface area contributed by atoms with Gasteiger partial charge in [-0.2, -0.15) is 0 Å². The normalized spacial score (nSPS) is 14.5. The van der Waals surface area contributed by atoms with Gasteiger partial charge in [-0.15, -0.1) is 0 Å². The van der Waals surface area contributed by atoms with E-state index in [0.717, 1.165) is 17.7 Å². The number of carbonyl (C=O) groups excluding carboxylic acids is 1. The summed E-state index contributed by atoms with van der Waals surface area (Å²) in [7, 11) is 0. The van der Waals surface area contributed by atoms with Crippen molar-refractivity contribution in [1.82, 2.24) is 10.3 Å². The molecule has 2 aromatic rings. The summed E-state index contributed by atoms with van der Waals surface area (Å²) in [5.74, 6) is -0.149. The van der Waals surface area contributed by atoms with E-state index < -0.39 is 0 Å². The topological polar surface area (TPSA) is 54.0 Å². The van der Waals surface area contributed by atoms with Gasteiger partial charge in [-0.05, 0) is 49.1 Å². The van der Waals surface area contributed by atoms with E-state index in [-0.39, 0.29) is 5.91 Å². The molecule has 3 rings (SSSR count). The fourth-order valence-electron chi connectivity index (χ4n) is 3.02.